The Kier molecular flexibility index (Phi) is 2.35. The van der Waals surface area contributed by atoms with Crippen molar-refractivity contribution in [1.29, 1.82) is 0 Å². The van der Waals surface area contributed by atoms with E-state index < -0.39 is 0 Å². The average molecular weight is 187 g/mol. The highest BCUT2D eigenvalue weighted by Gasteiger charge is 2.03. The number of hydrogen-bond acceptors (Lipinski definition) is 2. The van der Waals surface area contributed by atoms with Crippen molar-refractivity contribution in [2.45, 2.75) is 13.8 Å². The van der Waals surface area contributed by atoms with Crippen LogP contribution in [0, 0.1) is 6.92 Å². The number of rotatable bonds is 2. The van der Waals surface area contributed by atoms with Gasteiger partial charge in [0.1, 0.15) is 0 Å². The van der Waals surface area contributed by atoms with Crippen molar-refractivity contribution in [3.63, 3.8) is 0 Å². The lowest BCUT2D eigenvalue weighted by atomic mass is 10.1. The summed E-state index contributed by atoms with van der Waals surface area (Å²) in [5.74, 6) is 0.730. The first-order valence-electron chi connectivity index (χ1n) is 4.80. The fraction of sp³-hybridized carbons (Fsp3) is 0.250. The van der Waals surface area contributed by atoms with Crippen molar-refractivity contribution in [2.75, 3.05) is 6.61 Å². The van der Waals surface area contributed by atoms with E-state index in [0.717, 1.165) is 11.3 Å². The van der Waals surface area contributed by atoms with E-state index in [1.165, 1.54) is 10.9 Å². The van der Waals surface area contributed by atoms with Crippen LogP contribution in [0.2, 0.25) is 0 Å². The van der Waals surface area contributed by atoms with Crippen LogP contribution in [0.3, 0.4) is 0 Å². The van der Waals surface area contributed by atoms with Gasteiger partial charge >= 0.3 is 0 Å². The standard InChI is InChI=1S/C12H13NO/c1-3-14-12-11-7-5-4-6-10(11)9(2)8-13-12/h4-8H,3H2,1-2H3. The molecule has 0 N–H and O–H groups in total. The molecule has 2 heteroatoms. The van der Waals surface area contributed by atoms with Crippen molar-refractivity contribution >= 4 is 10.8 Å². The molecule has 0 aliphatic heterocycles. The lowest BCUT2D eigenvalue weighted by molar-refractivity contribution is 0.331. The first-order valence-corrected chi connectivity index (χ1v) is 4.80. The number of hydrogen-bond donors (Lipinski definition) is 0. The molecule has 0 atom stereocenters. The third kappa shape index (κ3) is 1.43. The minimum Gasteiger partial charge on any atom is -0.478 e. The summed E-state index contributed by atoms with van der Waals surface area (Å²) in [4.78, 5) is 4.27. The maximum Gasteiger partial charge on any atom is 0.221 e. The molecule has 0 bridgehead atoms. The van der Waals surface area contributed by atoms with Gasteiger partial charge in [0.25, 0.3) is 0 Å². The Morgan fingerprint density at radius 3 is 2.64 bits per heavy atom. The first kappa shape index (κ1) is 9.00. The molecule has 2 aromatic rings. The molecule has 0 aliphatic rings. The maximum absolute atomic E-state index is 5.46. The van der Waals surface area contributed by atoms with Gasteiger partial charge in [-0.05, 0) is 30.9 Å². The van der Waals surface area contributed by atoms with Crippen molar-refractivity contribution in [1.82, 2.24) is 4.98 Å². The SMILES string of the molecule is CCOc1ncc(C)c2ccccc12. The van der Waals surface area contributed by atoms with Crippen molar-refractivity contribution < 1.29 is 4.74 Å². The van der Waals surface area contributed by atoms with Gasteiger partial charge in [0.2, 0.25) is 5.88 Å². The number of ether oxygens (including phenoxy) is 1. The molecule has 0 radical (unpaired) electrons. The minimum atomic E-state index is 0.653. The van der Waals surface area contributed by atoms with Gasteiger partial charge in [-0.25, -0.2) is 4.98 Å². The highest BCUT2D eigenvalue weighted by atomic mass is 16.5. The lowest BCUT2D eigenvalue weighted by Crippen LogP contribution is -1.95. The van der Waals surface area contributed by atoms with Crippen LogP contribution in [0.25, 0.3) is 10.8 Å². The molecule has 0 spiro atoms. The van der Waals surface area contributed by atoms with E-state index in [1.807, 2.05) is 31.3 Å². The fourth-order valence-corrected chi connectivity index (χ4v) is 1.56. The second kappa shape index (κ2) is 3.66. The third-order valence-corrected chi connectivity index (χ3v) is 2.24. The van der Waals surface area contributed by atoms with Crippen LogP contribution in [0.4, 0.5) is 0 Å². The number of pyridine rings is 1. The third-order valence-electron chi connectivity index (χ3n) is 2.24. The molecular weight excluding hydrogens is 174 g/mol. The van der Waals surface area contributed by atoms with Crippen molar-refractivity contribution in [3.05, 3.63) is 36.0 Å². The monoisotopic (exact) mass is 187 g/mol. The quantitative estimate of drug-likeness (QED) is 0.721. The Bertz CT molecular complexity index is 451. The number of nitrogens with zero attached hydrogens (tertiary/aromatic N) is 1. The minimum absolute atomic E-state index is 0.653. The summed E-state index contributed by atoms with van der Waals surface area (Å²) in [6.07, 6.45) is 1.85. The summed E-state index contributed by atoms with van der Waals surface area (Å²) in [6, 6.07) is 8.17. The largest absolute Gasteiger partial charge is 0.478 e. The van der Waals surface area contributed by atoms with E-state index in [9.17, 15) is 0 Å². The molecule has 2 nitrogen and oxygen atoms in total. The Morgan fingerprint density at radius 1 is 1.21 bits per heavy atom. The molecule has 0 unspecified atom stereocenters. The van der Waals surface area contributed by atoms with Gasteiger partial charge < -0.3 is 4.74 Å². The zero-order valence-electron chi connectivity index (χ0n) is 8.45. The Labute approximate surface area is 83.5 Å². The van der Waals surface area contributed by atoms with Gasteiger partial charge in [-0.3, -0.25) is 0 Å². The van der Waals surface area contributed by atoms with Crippen LogP contribution < -0.4 is 4.74 Å². The van der Waals surface area contributed by atoms with Gasteiger partial charge in [0.05, 0.1) is 6.61 Å². The van der Waals surface area contributed by atoms with Crippen LogP contribution in [0.5, 0.6) is 5.88 Å². The fourth-order valence-electron chi connectivity index (χ4n) is 1.56. The highest BCUT2D eigenvalue weighted by molar-refractivity contribution is 5.89. The smallest absolute Gasteiger partial charge is 0.221 e. The van der Waals surface area contributed by atoms with Gasteiger partial charge in [-0.15, -0.1) is 0 Å². The maximum atomic E-state index is 5.46. The molecule has 1 heterocycles. The molecule has 0 saturated heterocycles. The summed E-state index contributed by atoms with van der Waals surface area (Å²) < 4.78 is 5.46. The number of aryl methyl sites for hydroxylation is 1. The molecular formula is C12H13NO. The van der Waals surface area contributed by atoms with Crippen molar-refractivity contribution in [2.24, 2.45) is 0 Å². The number of benzene rings is 1. The van der Waals surface area contributed by atoms with Crippen LogP contribution in [0.15, 0.2) is 30.5 Å². The van der Waals surface area contributed by atoms with Crippen LogP contribution in [0.1, 0.15) is 12.5 Å². The van der Waals surface area contributed by atoms with Gasteiger partial charge in [-0.2, -0.15) is 0 Å². The van der Waals surface area contributed by atoms with E-state index in [4.69, 9.17) is 4.74 Å². The van der Waals surface area contributed by atoms with E-state index in [2.05, 4.69) is 18.0 Å². The Hall–Kier alpha value is -1.57. The molecule has 0 aliphatic carbocycles. The molecule has 0 saturated carbocycles. The Morgan fingerprint density at radius 2 is 1.93 bits per heavy atom. The normalized spacial score (nSPS) is 10.4. The zero-order chi connectivity index (χ0) is 9.97. The first-order chi connectivity index (χ1) is 6.83. The summed E-state index contributed by atoms with van der Waals surface area (Å²) in [6.45, 7) is 4.68. The number of aromatic nitrogens is 1. The van der Waals surface area contributed by atoms with Gasteiger partial charge in [-0.1, -0.05) is 18.2 Å². The van der Waals surface area contributed by atoms with Crippen LogP contribution >= 0.6 is 0 Å². The summed E-state index contributed by atoms with van der Waals surface area (Å²) >= 11 is 0. The second-order valence-corrected chi connectivity index (χ2v) is 3.22. The summed E-state index contributed by atoms with van der Waals surface area (Å²) in [7, 11) is 0. The molecule has 0 fully saturated rings. The predicted molar refractivity (Wildman–Crippen MR) is 57.6 cm³/mol. The summed E-state index contributed by atoms with van der Waals surface area (Å²) in [5.41, 5.74) is 1.18. The van der Waals surface area contributed by atoms with Gasteiger partial charge in [0.15, 0.2) is 0 Å². The van der Waals surface area contributed by atoms with Gasteiger partial charge in [0, 0.05) is 11.6 Å². The molecule has 1 aromatic carbocycles. The van der Waals surface area contributed by atoms with E-state index >= 15 is 0 Å². The zero-order valence-corrected chi connectivity index (χ0v) is 8.45. The molecule has 1 aromatic heterocycles. The van der Waals surface area contributed by atoms with E-state index in [1.54, 1.807) is 0 Å². The highest BCUT2D eigenvalue weighted by Crippen LogP contribution is 2.25. The Balaban J connectivity index is 2.68. The predicted octanol–water partition coefficient (Wildman–Crippen LogP) is 2.94. The summed E-state index contributed by atoms with van der Waals surface area (Å²) in [5, 5.41) is 2.31. The molecule has 0 amide bonds. The molecule has 2 rings (SSSR count). The lowest BCUT2D eigenvalue weighted by Gasteiger charge is -2.07. The average Bonchev–Trinajstić information content (AvgIpc) is 2.23. The second-order valence-electron chi connectivity index (χ2n) is 3.22. The van der Waals surface area contributed by atoms with Crippen LogP contribution in [-0.2, 0) is 0 Å². The molecule has 14 heavy (non-hydrogen) atoms. The van der Waals surface area contributed by atoms with Crippen molar-refractivity contribution in [3.8, 4) is 5.88 Å². The van der Waals surface area contributed by atoms with Crippen LogP contribution in [-0.4, -0.2) is 11.6 Å². The molecule has 72 valence electrons. The topological polar surface area (TPSA) is 22.1 Å². The van der Waals surface area contributed by atoms with E-state index in [-0.39, 0.29) is 0 Å². The van der Waals surface area contributed by atoms with E-state index in [0.29, 0.717) is 6.61 Å². The number of fused-ring (bicyclic) bond motifs is 1.